The summed E-state index contributed by atoms with van der Waals surface area (Å²) in [5, 5.41) is 6.54. The first kappa shape index (κ1) is 16.0. The minimum atomic E-state index is 0.382. The fraction of sp³-hybridized carbons (Fsp3) is 0.750. The van der Waals surface area contributed by atoms with Gasteiger partial charge < -0.3 is 15.4 Å². The molecule has 5 nitrogen and oxygen atoms in total. The zero-order valence-corrected chi connectivity index (χ0v) is 14.1. The van der Waals surface area contributed by atoms with Crippen LogP contribution in [0.25, 0.3) is 0 Å². The molecule has 1 heterocycles. The fourth-order valence-corrected chi connectivity index (χ4v) is 3.02. The van der Waals surface area contributed by atoms with Crippen LogP contribution in [-0.4, -0.2) is 30.2 Å². The van der Waals surface area contributed by atoms with E-state index in [9.17, 15) is 0 Å². The summed E-state index contributed by atoms with van der Waals surface area (Å²) in [7, 11) is 1.86. The Morgan fingerprint density at radius 2 is 1.76 bits per heavy atom. The van der Waals surface area contributed by atoms with Gasteiger partial charge in [0.2, 0.25) is 0 Å². The second kappa shape index (κ2) is 5.79. The highest BCUT2D eigenvalue weighted by Crippen LogP contribution is 2.68. The quantitative estimate of drug-likeness (QED) is 0.808. The minimum absolute atomic E-state index is 0.382. The first-order chi connectivity index (χ1) is 9.82. The van der Waals surface area contributed by atoms with E-state index >= 15 is 0 Å². The third kappa shape index (κ3) is 3.12. The minimum Gasteiger partial charge on any atom is -0.374 e. The van der Waals surface area contributed by atoms with Gasteiger partial charge in [0.05, 0.1) is 0 Å². The molecule has 0 radical (unpaired) electrons. The summed E-state index contributed by atoms with van der Waals surface area (Å²) in [6.07, 6.45) is 0. The molecular formula is C16H28N4O. The Labute approximate surface area is 127 Å². The number of rotatable bonds is 7. The second-order valence-corrected chi connectivity index (χ2v) is 6.82. The molecule has 0 spiro atoms. The maximum Gasteiger partial charge on any atom is 0.158 e. The predicted octanol–water partition coefficient (Wildman–Crippen LogP) is 3.15. The summed E-state index contributed by atoms with van der Waals surface area (Å²) in [4.78, 5) is 8.93. The Morgan fingerprint density at radius 1 is 1.14 bits per heavy atom. The zero-order valence-electron chi connectivity index (χ0n) is 14.1. The monoisotopic (exact) mass is 292 g/mol. The predicted molar refractivity (Wildman–Crippen MR) is 86.5 cm³/mol. The van der Waals surface area contributed by atoms with Gasteiger partial charge in [0.15, 0.2) is 5.82 Å². The maximum atomic E-state index is 5.40. The van der Waals surface area contributed by atoms with E-state index in [1.165, 1.54) is 0 Å². The van der Waals surface area contributed by atoms with Crippen molar-refractivity contribution in [1.29, 1.82) is 0 Å². The van der Waals surface area contributed by atoms with E-state index in [1.807, 2.05) is 20.0 Å². The molecule has 1 aromatic rings. The third-order valence-corrected chi connectivity index (χ3v) is 5.27. The van der Waals surface area contributed by atoms with Gasteiger partial charge in [-0.25, -0.2) is 9.97 Å². The largest absolute Gasteiger partial charge is 0.374 e. The normalized spacial score (nSPS) is 19.3. The van der Waals surface area contributed by atoms with Gasteiger partial charge in [-0.15, -0.1) is 0 Å². The van der Waals surface area contributed by atoms with Gasteiger partial charge in [-0.3, -0.25) is 0 Å². The lowest BCUT2D eigenvalue weighted by Gasteiger charge is -2.10. The molecule has 2 N–H and O–H groups in total. The second-order valence-electron chi connectivity index (χ2n) is 6.82. The number of aromatic nitrogens is 2. The molecule has 1 aliphatic rings. The molecule has 0 bridgehead atoms. The summed E-state index contributed by atoms with van der Waals surface area (Å²) in [5.41, 5.74) is 0.764. The first-order valence-corrected chi connectivity index (χ1v) is 7.70. The molecule has 0 aromatic carbocycles. The standard InChI is InChI=1S/C16H28N4O/c1-7-21-10-14-19-12(17-6)8-13(20-14)18-9-11-15(2,3)16(11,4)5/h8,11H,7,9-10H2,1-6H3,(H2,17,18,19,20). The van der Waals surface area contributed by atoms with Crippen molar-refractivity contribution in [2.45, 2.75) is 41.2 Å². The molecule has 1 aliphatic carbocycles. The lowest BCUT2D eigenvalue weighted by atomic mass is 10.0. The van der Waals surface area contributed by atoms with Gasteiger partial charge in [0.25, 0.3) is 0 Å². The lowest BCUT2D eigenvalue weighted by molar-refractivity contribution is 0.128. The number of nitrogens with one attached hydrogen (secondary N) is 2. The van der Waals surface area contributed by atoms with E-state index in [0.717, 1.165) is 18.2 Å². The van der Waals surface area contributed by atoms with Crippen LogP contribution >= 0.6 is 0 Å². The van der Waals surface area contributed by atoms with Crippen LogP contribution in [0.5, 0.6) is 0 Å². The van der Waals surface area contributed by atoms with Crippen molar-refractivity contribution < 1.29 is 4.74 Å². The summed E-state index contributed by atoms with van der Waals surface area (Å²) in [6.45, 7) is 13.4. The molecule has 0 unspecified atom stereocenters. The van der Waals surface area contributed by atoms with E-state index in [4.69, 9.17) is 4.74 Å². The lowest BCUT2D eigenvalue weighted by Crippen LogP contribution is -2.12. The molecule has 0 saturated heterocycles. The Balaban J connectivity index is 2.03. The molecule has 0 amide bonds. The summed E-state index contributed by atoms with van der Waals surface area (Å²) in [6, 6.07) is 1.94. The molecule has 21 heavy (non-hydrogen) atoms. The zero-order chi connectivity index (χ0) is 15.7. The highest BCUT2D eigenvalue weighted by atomic mass is 16.5. The van der Waals surface area contributed by atoms with E-state index in [1.54, 1.807) is 0 Å². The van der Waals surface area contributed by atoms with Gasteiger partial charge in [0.1, 0.15) is 18.2 Å². The van der Waals surface area contributed by atoms with Crippen LogP contribution in [0.2, 0.25) is 0 Å². The van der Waals surface area contributed by atoms with E-state index < -0.39 is 0 Å². The van der Waals surface area contributed by atoms with E-state index in [-0.39, 0.29) is 0 Å². The number of nitrogens with zero attached hydrogens (tertiary/aromatic N) is 2. The van der Waals surface area contributed by atoms with Crippen molar-refractivity contribution in [2.75, 3.05) is 30.8 Å². The van der Waals surface area contributed by atoms with Crippen LogP contribution < -0.4 is 10.6 Å². The fourth-order valence-electron chi connectivity index (χ4n) is 3.02. The molecule has 2 rings (SSSR count). The van der Waals surface area contributed by atoms with Gasteiger partial charge in [-0.2, -0.15) is 0 Å². The number of hydrogen-bond donors (Lipinski definition) is 2. The van der Waals surface area contributed by atoms with Crippen molar-refractivity contribution in [3.8, 4) is 0 Å². The van der Waals surface area contributed by atoms with Gasteiger partial charge in [-0.1, -0.05) is 27.7 Å². The van der Waals surface area contributed by atoms with Gasteiger partial charge >= 0.3 is 0 Å². The molecule has 5 heteroatoms. The van der Waals surface area contributed by atoms with Crippen molar-refractivity contribution >= 4 is 11.6 Å². The molecule has 1 aromatic heterocycles. The van der Waals surface area contributed by atoms with Crippen molar-refractivity contribution in [1.82, 2.24) is 9.97 Å². The smallest absolute Gasteiger partial charge is 0.158 e. The van der Waals surface area contributed by atoms with Crippen LogP contribution in [0.3, 0.4) is 0 Å². The average molecular weight is 292 g/mol. The summed E-state index contributed by atoms with van der Waals surface area (Å²) < 4.78 is 5.40. The van der Waals surface area contributed by atoms with Crippen molar-refractivity contribution in [2.24, 2.45) is 16.7 Å². The Kier molecular flexibility index (Phi) is 4.42. The summed E-state index contributed by atoms with van der Waals surface area (Å²) >= 11 is 0. The number of hydrogen-bond acceptors (Lipinski definition) is 5. The molecule has 0 atom stereocenters. The molecule has 0 aliphatic heterocycles. The van der Waals surface area contributed by atoms with Crippen molar-refractivity contribution in [3.05, 3.63) is 11.9 Å². The van der Waals surface area contributed by atoms with Crippen LogP contribution in [0, 0.1) is 16.7 Å². The number of anilines is 2. The van der Waals surface area contributed by atoms with Gasteiger partial charge in [0, 0.05) is 26.3 Å². The van der Waals surface area contributed by atoms with Crippen LogP contribution in [-0.2, 0) is 11.3 Å². The van der Waals surface area contributed by atoms with Crippen LogP contribution in [0.1, 0.15) is 40.4 Å². The maximum absolute atomic E-state index is 5.40. The molecule has 118 valence electrons. The van der Waals surface area contributed by atoms with E-state index in [2.05, 4.69) is 48.3 Å². The highest BCUT2D eigenvalue weighted by Gasteiger charge is 2.64. The topological polar surface area (TPSA) is 59.1 Å². The molecule has 1 fully saturated rings. The Morgan fingerprint density at radius 3 is 2.29 bits per heavy atom. The highest BCUT2D eigenvalue weighted by molar-refractivity contribution is 5.47. The van der Waals surface area contributed by atoms with E-state index in [0.29, 0.717) is 35.8 Å². The summed E-state index contributed by atoms with van der Waals surface area (Å²) in [5.74, 6) is 3.05. The Bertz CT molecular complexity index is 485. The average Bonchev–Trinajstić information content (AvgIpc) is 2.83. The molecule has 1 saturated carbocycles. The first-order valence-electron chi connectivity index (χ1n) is 7.70. The molecular weight excluding hydrogens is 264 g/mol. The third-order valence-electron chi connectivity index (χ3n) is 5.27. The number of ether oxygens (including phenoxy) is 1. The van der Waals surface area contributed by atoms with Crippen LogP contribution in [0.15, 0.2) is 6.07 Å². The SMILES string of the molecule is CCOCc1nc(NC)cc(NCC2C(C)(C)C2(C)C)n1. The van der Waals surface area contributed by atoms with Gasteiger partial charge in [-0.05, 0) is 23.7 Å². The van der Waals surface area contributed by atoms with Crippen molar-refractivity contribution in [3.63, 3.8) is 0 Å². The van der Waals surface area contributed by atoms with Crippen LogP contribution in [0.4, 0.5) is 11.6 Å². The Hall–Kier alpha value is -1.36.